The van der Waals surface area contributed by atoms with Crippen LogP contribution in [-0.4, -0.2) is 41.9 Å². The number of ether oxygens (including phenoxy) is 1. The van der Waals surface area contributed by atoms with Crippen molar-refractivity contribution in [3.05, 3.63) is 64.7 Å². The van der Waals surface area contributed by atoms with Gasteiger partial charge in [0.1, 0.15) is 11.8 Å². The number of nitrogens with zero attached hydrogens (tertiary/aromatic N) is 1. The van der Waals surface area contributed by atoms with E-state index in [0.717, 1.165) is 17.5 Å². The third-order valence-corrected chi connectivity index (χ3v) is 5.79. The first-order valence-corrected chi connectivity index (χ1v) is 11.3. The van der Waals surface area contributed by atoms with E-state index in [2.05, 4.69) is 5.32 Å². The molecule has 0 aromatic heterocycles. The zero-order valence-corrected chi connectivity index (χ0v) is 19.6. The molecular formula is C25H33ClN2O3. The van der Waals surface area contributed by atoms with Crippen molar-refractivity contribution in [3.63, 3.8) is 0 Å². The SMILES string of the molecule is CC[C@H](C(=O)N[C@@H](C)CC)N(CCc1ccccc1)C(=O)COc1ccc(Cl)c(C)c1. The molecule has 1 N–H and O–H groups in total. The second-order valence-corrected chi connectivity index (χ2v) is 8.17. The Morgan fingerprint density at radius 3 is 2.42 bits per heavy atom. The highest BCUT2D eigenvalue weighted by molar-refractivity contribution is 6.31. The van der Waals surface area contributed by atoms with Gasteiger partial charge < -0.3 is 15.0 Å². The molecule has 0 bridgehead atoms. The molecule has 2 aromatic rings. The number of nitrogens with one attached hydrogen (secondary N) is 1. The summed E-state index contributed by atoms with van der Waals surface area (Å²) in [5.74, 6) is 0.241. The second kappa shape index (κ2) is 12.4. The fourth-order valence-corrected chi connectivity index (χ4v) is 3.39. The maximum absolute atomic E-state index is 13.1. The van der Waals surface area contributed by atoms with Gasteiger partial charge in [0.2, 0.25) is 5.91 Å². The molecule has 0 aliphatic rings. The Morgan fingerprint density at radius 2 is 1.81 bits per heavy atom. The summed E-state index contributed by atoms with van der Waals surface area (Å²) in [5.41, 5.74) is 2.00. The summed E-state index contributed by atoms with van der Waals surface area (Å²) in [4.78, 5) is 27.7. The Kier molecular flexibility index (Phi) is 9.86. The first kappa shape index (κ1) is 24.7. The zero-order valence-electron chi connectivity index (χ0n) is 18.9. The predicted octanol–water partition coefficient (Wildman–Crippen LogP) is 4.79. The molecule has 0 radical (unpaired) electrons. The molecule has 0 heterocycles. The van der Waals surface area contributed by atoms with Crippen molar-refractivity contribution >= 4 is 23.4 Å². The van der Waals surface area contributed by atoms with Crippen molar-refractivity contribution < 1.29 is 14.3 Å². The largest absolute Gasteiger partial charge is 0.484 e. The summed E-state index contributed by atoms with van der Waals surface area (Å²) < 4.78 is 5.73. The van der Waals surface area contributed by atoms with Crippen LogP contribution in [0.1, 0.15) is 44.7 Å². The molecule has 2 rings (SSSR count). The Hall–Kier alpha value is -2.53. The van der Waals surface area contributed by atoms with Crippen molar-refractivity contribution in [2.45, 2.75) is 59.0 Å². The van der Waals surface area contributed by atoms with E-state index in [1.807, 2.05) is 58.0 Å². The van der Waals surface area contributed by atoms with Crippen LogP contribution in [0, 0.1) is 6.92 Å². The van der Waals surface area contributed by atoms with Crippen molar-refractivity contribution in [2.24, 2.45) is 0 Å². The first-order chi connectivity index (χ1) is 14.8. The lowest BCUT2D eigenvalue weighted by Crippen LogP contribution is -2.52. The molecule has 0 saturated heterocycles. The fourth-order valence-electron chi connectivity index (χ4n) is 3.27. The molecule has 0 fully saturated rings. The average molecular weight is 445 g/mol. The highest BCUT2D eigenvalue weighted by Gasteiger charge is 2.29. The van der Waals surface area contributed by atoms with Crippen LogP contribution in [0.15, 0.2) is 48.5 Å². The Labute approximate surface area is 190 Å². The molecule has 5 nitrogen and oxygen atoms in total. The van der Waals surface area contributed by atoms with E-state index in [0.29, 0.717) is 30.2 Å². The van der Waals surface area contributed by atoms with Gasteiger partial charge in [-0.05, 0) is 62.4 Å². The average Bonchev–Trinajstić information content (AvgIpc) is 2.77. The molecule has 0 saturated carbocycles. The van der Waals surface area contributed by atoms with Gasteiger partial charge in [-0.15, -0.1) is 0 Å². The summed E-state index contributed by atoms with van der Waals surface area (Å²) in [5, 5.41) is 3.66. The van der Waals surface area contributed by atoms with Crippen molar-refractivity contribution in [2.75, 3.05) is 13.2 Å². The second-order valence-electron chi connectivity index (χ2n) is 7.76. The van der Waals surface area contributed by atoms with E-state index in [1.165, 1.54) is 0 Å². The summed E-state index contributed by atoms with van der Waals surface area (Å²) in [6, 6.07) is 14.8. The number of hydrogen-bond donors (Lipinski definition) is 1. The van der Waals surface area contributed by atoms with Crippen LogP contribution in [0.2, 0.25) is 5.02 Å². The molecule has 2 atom stereocenters. The van der Waals surface area contributed by atoms with Crippen molar-refractivity contribution in [1.29, 1.82) is 0 Å². The van der Waals surface area contributed by atoms with Crippen LogP contribution in [0.25, 0.3) is 0 Å². The third-order valence-electron chi connectivity index (χ3n) is 5.36. The normalized spacial score (nSPS) is 12.7. The van der Waals surface area contributed by atoms with E-state index in [9.17, 15) is 9.59 Å². The van der Waals surface area contributed by atoms with Crippen LogP contribution in [0.3, 0.4) is 0 Å². The minimum absolute atomic E-state index is 0.0564. The van der Waals surface area contributed by atoms with Gasteiger partial charge in [-0.1, -0.05) is 55.8 Å². The molecule has 2 aromatic carbocycles. The molecule has 6 heteroatoms. The number of carbonyl (C=O) groups excluding carboxylic acids is 2. The van der Waals surface area contributed by atoms with E-state index in [1.54, 1.807) is 23.1 Å². The Balaban J connectivity index is 2.14. The van der Waals surface area contributed by atoms with Gasteiger partial charge in [0.15, 0.2) is 6.61 Å². The number of aryl methyl sites for hydroxylation is 1. The maximum Gasteiger partial charge on any atom is 0.261 e. The lowest BCUT2D eigenvalue weighted by Gasteiger charge is -2.31. The summed E-state index contributed by atoms with van der Waals surface area (Å²) in [7, 11) is 0. The smallest absolute Gasteiger partial charge is 0.261 e. The monoisotopic (exact) mass is 444 g/mol. The number of carbonyl (C=O) groups is 2. The standard InChI is InChI=1S/C25H33ClN2O3/c1-5-19(4)27-25(30)23(6-2)28(15-14-20-10-8-7-9-11-20)24(29)17-31-21-12-13-22(26)18(3)16-21/h7-13,16,19,23H,5-6,14-15,17H2,1-4H3,(H,27,30)/t19-,23+/m0/s1. The van der Waals surface area contributed by atoms with Gasteiger partial charge in [-0.25, -0.2) is 0 Å². The third kappa shape index (κ3) is 7.59. The van der Waals surface area contributed by atoms with E-state index in [4.69, 9.17) is 16.3 Å². The number of amides is 2. The molecule has 0 spiro atoms. The quantitative estimate of drug-likeness (QED) is 0.542. The molecule has 0 unspecified atom stereocenters. The van der Waals surface area contributed by atoms with Crippen LogP contribution in [0.4, 0.5) is 0 Å². The minimum atomic E-state index is -0.541. The fraction of sp³-hybridized carbons (Fsp3) is 0.440. The van der Waals surface area contributed by atoms with Crippen LogP contribution in [-0.2, 0) is 16.0 Å². The lowest BCUT2D eigenvalue weighted by atomic mass is 10.1. The highest BCUT2D eigenvalue weighted by atomic mass is 35.5. The number of halogens is 1. The van der Waals surface area contributed by atoms with Gasteiger partial charge in [-0.2, -0.15) is 0 Å². The Bertz CT molecular complexity index is 857. The predicted molar refractivity (Wildman–Crippen MR) is 126 cm³/mol. The molecule has 168 valence electrons. The molecular weight excluding hydrogens is 412 g/mol. The van der Waals surface area contributed by atoms with Gasteiger partial charge in [-0.3, -0.25) is 9.59 Å². The Morgan fingerprint density at radius 1 is 1.10 bits per heavy atom. The van der Waals surface area contributed by atoms with Crippen LogP contribution < -0.4 is 10.1 Å². The molecule has 0 aliphatic carbocycles. The van der Waals surface area contributed by atoms with Crippen LogP contribution in [0.5, 0.6) is 5.75 Å². The summed E-state index contributed by atoms with van der Waals surface area (Å²) >= 11 is 6.07. The minimum Gasteiger partial charge on any atom is -0.484 e. The molecule has 2 amide bonds. The van der Waals surface area contributed by atoms with Gasteiger partial charge in [0.25, 0.3) is 5.91 Å². The maximum atomic E-state index is 13.1. The molecule has 0 aliphatic heterocycles. The molecule has 31 heavy (non-hydrogen) atoms. The summed E-state index contributed by atoms with van der Waals surface area (Å²) in [6.07, 6.45) is 2.03. The van der Waals surface area contributed by atoms with E-state index in [-0.39, 0.29) is 24.5 Å². The number of hydrogen-bond acceptors (Lipinski definition) is 3. The highest BCUT2D eigenvalue weighted by Crippen LogP contribution is 2.21. The number of rotatable bonds is 11. The van der Waals surface area contributed by atoms with Crippen molar-refractivity contribution in [1.82, 2.24) is 10.2 Å². The van der Waals surface area contributed by atoms with E-state index >= 15 is 0 Å². The van der Waals surface area contributed by atoms with E-state index < -0.39 is 6.04 Å². The number of benzene rings is 2. The van der Waals surface area contributed by atoms with Crippen LogP contribution >= 0.6 is 11.6 Å². The zero-order chi connectivity index (χ0) is 22.8. The van der Waals surface area contributed by atoms with Gasteiger partial charge in [0.05, 0.1) is 0 Å². The van der Waals surface area contributed by atoms with Crippen molar-refractivity contribution in [3.8, 4) is 5.75 Å². The topological polar surface area (TPSA) is 58.6 Å². The summed E-state index contributed by atoms with van der Waals surface area (Å²) in [6.45, 7) is 8.10. The first-order valence-electron chi connectivity index (χ1n) is 10.9. The van der Waals surface area contributed by atoms with Gasteiger partial charge >= 0.3 is 0 Å². The van der Waals surface area contributed by atoms with Gasteiger partial charge in [0, 0.05) is 17.6 Å². The lowest BCUT2D eigenvalue weighted by molar-refractivity contribution is -0.142.